The summed E-state index contributed by atoms with van der Waals surface area (Å²) in [6.45, 7) is 0.223. The summed E-state index contributed by atoms with van der Waals surface area (Å²) < 4.78 is 10.1. The molecule has 0 radical (unpaired) electrons. The molecule has 0 fully saturated rings. The van der Waals surface area contributed by atoms with E-state index in [-0.39, 0.29) is 12.4 Å². The number of nitrogens with zero attached hydrogens (tertiary/aromatic N) is 3. The number of carbonyl (C=O) groups is 1. The number of benzene rings is 1. The van der Waals surface area contributed by atoms with Gasteiger partial charge in [0, 0.05) is 6.54 Å². The van der Waals surface area contributed by atoms with E-state index in [0.717, 1.165) is 11.8 Å². The van der Waals surface area contributed by atoms with Gasteiger partial charge in [0.05, 0.1) is 14.2 Å². The Balaban J connectivity index is 2.40. The zero-order valence-electron chi connectivity index (χ0n) is 13.7. The molecule has 1 aromatic rings. The van der Waals surface area contributed by atoms with Gasteiger partial charge in [-0.2, -0.15) is 0 Å². The van der Waals surface area contributed by atoms with Gasteiger partial charge in [0.1, 0.15) is 5.75 Å². The number of hydrogen-bond acceptors (Lipinski definition) is 6. The molecule has 1 aliphatic rings. The minimum absolute atomic E-state index is 0.223. The molecule has 1 N–H and O–H groups in total. The van der Waals surface area contributed by atoms with Gasteiger partial charge in [0.15, 0.2) is 10.5 Å². The first-order valence-corrected chi connectivity index (χ1v) is 7.47. The molecule has 0 saturated carbocycles. The van der Waals surface area contributed by atoms with Crippen LogP contribution >= 0.6 is 0 Å². The van der Waals surface area contributed by atoms with Gasteiger partial charge >= 0.3 is 12.2 Å². The minimum atomic E-state index is -1.14. The largest absolute Gasteiger partial charge is 0.497 e. The maximum atomic E-state index is 12.4. The van der Waals surface area contributed by atoms with E-state index >= 15 is 0 Å². The molecule has 0 amide bonds. The number of aliphatic hydroxyl groups is 1. The first-order chi connectivity index (χ1) is 11.6. The van der Waals surface area contributed by atoms with E-state index in [0.29, 0.717) is 18.6 Å². The van der Waals surface area contributed by atoms with Crippen LogP contribution in [0, 0.1) is 5.39 Å². The molecular weight excluding hydrogens is 310 g/mol. The summed E-state index contributed by atoms with van der Waals surface area (Å²) >= 11 is 0. The van der Waals surface area contributed by atoms with Crippen LogP contribution < -0.4 is 4.74 Å². The van der Waals surface area contributed by atoms with Crippen LogP contribution in [0.5, 0.6) is 5.75 Å². The summed E-state index contributed by atoms with van der Waals surface area (Å²) in [7, 11) is 2.88. The lowest BCUT2D eigenvalue weighted by atomic mass is 9.95. The minimum Gasteiger partial charge on any atom is -0.497 e. The maximum Gasteiger partial charge on any atom is 0.409 e. The van der Waals surface area contributed by atoms with Crippen molar-refractivity contribution in [1.29, 1.82) is 5.39 Å². The third kappa shape index (κ3) is 3.33. The van der Waals surface area contributed by atoms with Gasteiger partial charge in [-0.15, -0.1) is 0 Å². The van der Waals surface area contributed by atoms with Crippen LogP contribution in [-0.4, -0.2) is 35.7 Å². The van der Waals surface area contributed by atoms with Gasteiger partial charge in [-0.05, 0) is 30.5 Å². The molecule has 0 saturated heterocycles. The predicted octanol–water partition coefficient (Wildman–Crippen LogP) is 2.97. The number of allylic oxidation sites excluding steroid dienone is 1. The molecule has 1 atom stereocenters. The summed E-state index contributed by atoms with van der Waals surface area (Å²) in [6, 6.07) is 7.25. The Morgan fingerprint density at radius 2 is 2.12 bits per heavy atom. The Labute approximate surface area is 140 Å². The van der Waals surface area contributed by atoms with Crippen LogP contribution in [0.4, 0.5) is 0 Å². The maximum absolute atomic E-state index is 12.4. The summed E-state index contributed by atoms with van der Waals surface area (Å²) in [4.78, 5) is 16.7. The summed E-state index contributed by atoms with van der Waals surface area (Å²) in [5, 5.41) is 19.1. The summed E-state index contributed by atoms with van der Waals surface area (Å²) in [6.07, 6.45) is 5.60. The molecule has 0 aromatic heterocycles. The molecule has 0 unspecified atom stereocenters. The number of aliphatic hydroxyl groups excluding tert-OH is 1. The predicted molar refractivity (Wildman–Crippen MR) is 87.5 cm³/mol. The molecule has 1 aromatic carbocycles. The van der Waals surface area contributed by atoms with Gasteiger partial charge < -0.3 is 19.5 Å². The number of methoxy groups -OCH3 is 2. The Bertz CT molecular complexity index is 691. The van der Waals surface area contributed by atoms with Crippen LogP contribution in [0.2, 0.25) is 0 Å². The number of ether oxygens (including phenoxy) is 2. The molecule has 0 spiro atoms. The second kappa shape index (κ2) is 7.51. The Morgan fingerprint density at radius 3 is 2.62 bits per heavy atom. The quantitative estimate of drug-likeness (QED) is 0.373. The second-order valence-electron chi connectivity index (χ2n) is 5.39. The number of hydrogen-bond donors (Lipinski definition) is 1. The van der Waals surface area contributed by atoms with Crippen molar-refractivity contribution in [1.82, 2.24) is 4.90 Å². The number of rotatable bonds is 6. The fourth-order valence-electron chi connectivity index (χ4n) is 2.81. The average Bonchev–Trinajstić information content (AvgIpc) is 3.10. The zero-order chi connectivity index (χ0) is 17.6. The Morgan fingerprint density at radius 1 is 1.42 bits per heavy atom. The van der Waals surface area contributed by atoms with Crippen molar-refractivity contribution in [2.45, 2.75) is 24.9 Å². The van der Waals surface area contributed by atoms with Gasteiger partial charge in [-0.1, -0.05) is 24.3 Å². The molecule has 7 heteroatoms. The van der Waals surface area contributed by atoms with Crippen LogP contribution in [0.15, 0.2) is 48.5 Å². The van der Waals surface area contributed by atoms with Crippen molar-refractivity contribution < 1.29 is 19.4 Å². The van der Waals surface area contributed by atoms with Crippen molar-refractivity contribution in [3.63, 3.8) is 0 Å². The van der Waals surface area contributed by atoms with Crippen LogP contribution in [0.25, 0.3) is 4.98 Å². The molecule has 0 aliphatic heterocycles. The van der Waals surface area contributed by atoms with Crippen LogP contribution in [0.3, 0.4) is 0 Å². The molecule has 1 aliphatic carbocycles. The van der Waals surface area contributed by atoms with E-state index in [1.165, 1.54) is 12.0 Å². The highest BCUT2D eigenvalue weighted by molar-refractivity contribution is 5.84. The fourth-order valence-corrected chi connectivity index (χ4v) is 2.81. The van der Waals surface area contributed by atoms with E-state index in [4.69, 9.17) is 14.9 Å². The lowest BCUT2D eigenvalue weighted by Crippen LogP contribution is -2.51. The van der Waals surface area contributed by atoms with Crippen LogP contribution in [0.1, 0.15) is 18.4 Å². The fraction of sp³-hybridized carbons (Fsp3) is 0.353. The van der Waals surface area contributed by atoms with E-state index in [9.17, 15) is 9.90 Å². The molecule has 126 valence electrons. The second-order valence-corrected chi connectivity index (χ2v) is 5.39. The van der Waals surface area contributed by atoms with E-state index < -0.39 is 11.5 Å². The standard InChI is InChI=1S/C17H19N3O4/c1-23-14-7-5-13(6-8-14)12-20(15(21)11-19-18)17(16(22)24-2)9-3-4-10-17/h3,5-9,11H,4,10,12H2,1-2H3/p+1/b15-11-/t17-/m1/s1. The number of esters is 1. The molecule has 0 bridgehead atoms. The van der Waals surface area contributed by atoms with Crippen molar-refractivity contribution >= 4 is 5.97 Å². The third-order valence-corrected chi connectivity index (χ3v) is 4.06. The lowest BCUT2D eigenvalue weighted by molar-refractivity contribution is -0.152. The normalized spacial score (nSPS) is 19.6. The van der Waals surface area contributed by atoms with Gasteiger partial charge in [-0.25, -0.2) is 4.79 Å². The highest BCUT2D eigenvalue weighted by Gasteiger charge is 2.46. The highest BCUT2D eigenvalue weighted by Crippen LogP contribution is 2.34. The Hall–Kier alpha value is -3.01. The van der Waals surface area contributed by atoms with Crippen molar-refractivity contribution in [3.05, 3.63) is 59.0 Å². The Kier molecular flexibility index (Phi) is 5.42. The first kappa shape index (κ1) is 17.3. The molecule has 0 heterocycles. The monoisotopic (exact) mass is 330 g/mol. The summed E-state index contributed by atoms with van der Waals surface area (Å²) in [5.74, 6) is -0.105. The van der Waals surface area contributed by atoms with Gasteiger partial charge in [-0.3, -0.25) is 0 Å². The molecular formula is C17H20N3O4+. The SMILES string of the molecule is COC(=O)[C@@]1(N(Cc2ccc(OC)cc2)/C(O)=C/[N+]#N)C=CCC1. The molecule has 2 rings (SSSR count). The van der Waals surface area contributed by atoms with E-state index in [1.807, 2.05) is 18.2 Å². The van der Waals surface area contributed by atoms with E-state index in [2.05, 4.69) is 4.98 Å². The lowest BCUT2D eigenvalue weighted by Gasteiger charge is -2.37. The van der Waals surface area contributed by atoms with Gasteiger partial charge in [0.2, 0.25) is 5.39 Å². The molecule has 7 nitrogen and oxygen atoms in total. The van der Waals surface area contributed by atoms with Crippen molar-refractivity contribution in [2.24, 2.45) is 0 Å². The third-order valence-electron chi connectivity index (χ3n) is 4.06. The number of diazo groups is 1. The molecule has 24 heavy (non-hydrogen) atoms. The highest BCUT2D eigenvalue weighted by atomic mass is 16.5. The summed E-state index contributed by atoms with van der Waals surface area (Å²) in [5.41, 5.74) is -0.294. The number of carbonyl (C=O) groups excluding carboxylic acids is 1. The van der Waals surface area contributed by atoms with Crippen LogP contribution in [-0.2, 0) is 16.1 Å². The first-order valence-electron chi connectivity index (χ1n) is 7.47. The van der Waals surface area contributed by atoms with Gasteiger partial charge in [0.25, 0.3) is 5.88 Å². The zero-order valence-corrected chi connectivity index (χ0v) is 13.7. The topological polar surface area (TPSA) is 87.2 Å². The smallest absolute Gasteiger partial charge is 0.409 e. The average molecular weight is 330 g/mol. The van der Waals surface area contributed by atoms with E-state index in [1.54, 1.807) is 25.3 Å². The van der Waals surface area contributed by atoms with Crippen molar-refractivity contribution in [2.75, 3.05) is 14.2 Å². The van der Waals surface area contributed by atoms with Crippen molar-refractivity contribution in [3.8, 4) is 5.75 Å².